The van der Waals surface area contributed by atoms with Crippen molar-refractivity contribution in [2.75, 3.05) is 9.80 Å². The summed E-state index contributed by atoms with van der Waals surface area (Å²) in [4.78, 5) is 4.83. The first-order valence-electron chi connectivity index (χ1n) is 24.1. The second-order valence-electron chi connectivity index (χ2n) is 18.4. The number of furan rings is 1. The Morgan fingerprint density at radius 3 is 1.46 bits per heavy atom. The van der Waals surface area contributed by atoms with Crippen molar-refractivity contribution in [3.05, 3.63) is 289 Å². The number of para-hydroxylation sites is 2. The molecule has 0 aliphatic heterocycles. The Balaban J connectivity index is 1.02. The van der Waals surface area contributed by atoms with Gasteiger partial charge in [0.05, 0.1) is 5.69 Å². The van der Waals surface area contributed by atoms with Gasteiger partial charge in [-0.1, -0.05) is 194 Å². The van der Waals surface area contributed by atoms with Gasteiger partial charge in [-0.2, -0.15) is 0 Å². The molecule has 12 aromatic rings. The molecule has 14 rings (SSSR count). The Kier molecular flexibility index (Phi) is 9.11. The molecule has 1 heterocycles. The van der Waals surface area contributed by atoms with Crippen LogP contribution in [0.1, 0.15) is 22.5 Å². The van der Waals surface area contributed by atoms with Gasteiger partial charge in [-0.25, -0.2) is 0 Å². The van der Waals surface area contributed by atoms with E-state index in [2.05, 4.69) is 277 Å². The molecule has 1 aromatic heterocycles. The van der Waals surface area contributed by atoms with Crippen molar-refractivity contribution >= 4 is 55.9 Å². The molecule has 3 heteroatoms. The maximum absolute atomic E-state index is 7.32. The number of hydrogen-bond acceptors (Lipinski definition) is 3. The smallest absolute Gasteiger partial charge is 0.135 e. The van der Waals surface area contributed by atoms with E-state index in [1.807, 2.05) is 0 Å². The van der Waals surface area contributed by atoms with Gasteiger partial charge in [0, 0.05) is 44.8 Å². The normalized spacial score (nSPS) is 14.1. The average Bonchev–Trinajstić information content (AvgIpc) is 4.06. The molecule has 0 radical (unpaired) electrons. The molecule has 1 atom stereocenters. The topological polar surface area (TPSA) is 19.6 Å². The Morgan fingerprint density at radius 2 is 0.771 bits per heavy atom. The quantitative estimate of drug-likeness (QED) is 0.152. The predicted octanol–water partition coefficient (Wildman–Crippen LogP) is 18.2. The summed E-state index contributed by atoms with van der Waals surface area (Å²) < 4.78 is 7.32. The van der Waals surface area contributed by atoms with Gasteiger partial charge in [0.15, 0.2) is 0 Å². The van der Waals surface area contributed by atoms with Gasteiger partial charge in [0.25, 0.3) is 0 Å². The van der Waals surface area contributed by atoms with E-state index in [4.69, 9.17) is 4.42 Å². The highest BCUT2D eigenvalue weighted by Gasteiger charge is 2.55. The lowest BCUT2D eigenvalue weighted by atomic mass is 9.73. The van der Waals surface area contributed by atoms with Crippen LogP contribution in [0.15, 0.2) is 271 Å². The third kappa shape index (κ3) is 6.08. The van der Waals surface area contributed by atoms with Gasteiger partial charge in [0.1, 0.15) is 16.8 Å². The SMILES string of the molecule is c1ccc(-c2ccc(N(c3ccc(-c4ccccc4)cc3)c3ccc4c(c3)C3(c5ccccc5-4)c4cc(N(c5ccccc5)c5cccc6ccccc56)ccc4-c4c3oc3ccccc43)cc2)cc1. The highest BCUT2D eigenvalue weighted by Crippen LogP contribution is 2.66. The highest BCUT2D eigenvalue weighted by molar-refractivity contribution is 6.06. The van der Waals surface area contributed by atoms with Crippen LogP contribution in [0, 0.1) is 0 Å². The first kappa shape index (κ1) is 39.9. The van der Waals surface area contributed by atoms with Gasteiger partial charge >= 0.3 is 0 Å². The molecule has 0 bridgehead atoms. The average molecular weight is 893 g/mol. The minimum atomic E-state index is -0.775. The number of anilines is 6. The van der Waals surface area contributed by atoms with Crippen molar-refractivity contribution in [3.8, 4) is 44.5 Å². The van der Waals surface area contributed by atoms with E-state index >= 15 is 0 Å². The molecule has 1 spiro atoms. The molecule has 0 fully saturated rings. The fourth-order valence-electron chi connectivity index (χ4n) is 11.6. The van der Waals surface area contributed by atoms with Gasteiger partial charge < -0.3 is 14.2 Å². The maximum Gasteiger partial charge on any atom is 0.135 e. The molecule has 1 unspecified atom stereocenters. The Hall–Kier alpha value is -9.18. The number of benzene rings is 11. The van der Waals surface area contributed by atoms with Crippen molar-refractivity contribution in [1.82, 2.24) is 0 Å². The minimum Gasteiger partial charge on any atom is -0.459 e. The van der Waals surface area contributed by atoms with Crippen LogP contribution in [0.25, 0.3) is 66.2 Å². The number of hydrogen-bond donors (Lipinski definition) is 0. The van der Waals surface area contributed by atoms with E-state index in [1.54, 1.807) is 0 Å². The lowest BCUT2D eigenvalue weighted by Gasteiger charge is -2.32. The summed E-state index contributed by atoms with van der Waals surface area (Å²) >= 11 is 0. The zero-order valence-electron chi connectivity index (χ0n) is 38.2. The zero-order valence-corrected chi connectivity index (χ0v) is 38.2. The van der Waals surface area contributed by atoms with Crippen LogP contribution in [0.5, 0.6) is 0 Å². The molecular formula is C67H44N2O. The van der Waals surface area contributed by atoms with E-state index in [0.29, 0.717) is 0 Å². The summed E-state index contributed by atoms with van der Waals surface area (Å²) in [7, 11) is 0. The van der Waals surface area contributed by atoms with Crippen molar-refractivity contribution in [3.63, 3.8) is 0 Å². The third-order valence-corrected chi connectivity index (χ3v) is 14.6. The number of nitrogens with zero attached hydrogens (tertiary/aromatic N) is 2. The summed E-state index contributed by atoms with van der Waals surface area (Å²) in [6.07, 6.45) is 0. The Bertz CT molecular complexity index is 3850. The summed E-state index contributed by atoms with van der Waals surface area (Å²) in [5.74, 6) is 0.964. The number of fused-ring (bicyclic) bond motifs is 13. The molecule has 0 amide bonds. The summed E-state index contributed by atoms with van der Waals surface area (Å²) in [6.45, 7) is 0. The number of rotatable bonds is 8. The molecule has 2 aliphatic rings. The van der Waals surface area contributed by atoms with Crippen LogP contribution >= 0.6 is 0 Å². The van der Waals surface area contributed by atoms with E-state index in [0.717, 1.165) is 56.4 Å². The van der Waals surface area contributed by atoms with E-state index in [1.165, 1.54) is 66.4 Å². The standard InChI is InChI=1S/C67H44N2O/c1-4-17-45(18-5-1)47-31-35-51(36-32-47)68(52-37-33-48(34-38-52)46-19-6-2-7-20-46)53-39-41-57-56-26-12-14-28-60(56)67(61(57)43-53)62-44-54(40-42-58(62)65-59-27-13-15-30-64(59)70-66(65)67)69(50-23-8-3-9-24-50)63-29-16-22-49-21-10-11-25-55(49)63/h1-44H. The van der Waals surface area contributed by atoms with E-state index in [9.17, 15) is 0 Å². The summed E-state index contributed by atoms with van der Waals surface area (Å²) in [5.41, 5.74) is 19.8. The lowest BCUT2D eigenvalue weighted by molar-refractivity contribution is 0.507. The van der Waals surface area contributed by atoms with Gasteiger partial charge in [-0.3, -0.25) is 0 Å². The van der Waals surface area contributed by atoms with Crippen molar-refractivity contribution in [1.29, 1.82) is 0 Å². The van der Waals surface area contributed by atoms with E-state index in [-0.39, 0.29) is 0 Å². The van der Waals surface area contributed by atoms with Gasteiger partial charge in [0.2, 0.25) is 0 Å². The molecule has 328 valence electrons. The maximum atomic E-state index is 7.32. The Morgan fingerprint density at radius 1 is 0.300 bits per heavy atom. The molecule has 0 saturated carbocycles. The lowest BCUT2D eigenvalue weighted by Crippen LogP contribution is -2.26. The highest BCUT2D eigenvalue weighted by atomic mass is 16.3. The van der Waals surface area contributed by atoms with Crippen molar-refractivity contribution in [2.45, 2.75) is 5.41 Å². The van der Waals surface area contributed by atoms with Crippen LogP contribution in [0.4, 0.5) is 34.1 Å². The Labute approximate surface area is 407 Å². The fraction of sp³-hybridized carbons (Fsp3) is 0.0149. The molecular weight excluding hydrogens is 849 g/mol. The fourth-order valence-corrected chi connectivity index (χ4v) is 11.6. The van der Waals surface area contributed by atoms with Crippen LogP contribution in [-0.2, 0) is 5.41 Å². The van der Waals surface area contributed by atoms with Crippen molar-refractivity contribution < 1.29 is 4.42 Å². The van der Waals surface area contributed by atoms with Gasteiger partial charge in [-0.05, 0) is 134 Å². The molecule has 11 aromatic carbocycles. The van der Waals surface area contributed by atoms with E-state index < -0.39 is 5.41 Å². The minimum absolute atomic E-state index is 0.775. The zero-order chi connectivity index (χ0) is 46.2. The molecule has 0 N–H and O–H groups in total. The largest absolute Gasteiger partial charge is 0.459 e. The first-order valence-corrected chi connectivity index (χ1v) is 24.1. The summed E-state index contributed by atoms with van der Waals surface area (Å²) in [5, 5.41) is 3.51. The summed E-state index contributed by atoms with van der Waals surface area (Å²) in [6, 6.07) is 97.0. The van der Waals surface area contributed by atoms with Gasteiger partial charge in [-0.15, -0.1) is 0 Å². The molecule has 2 aliphatic carbocycles. The van der Waals surface area contributed by atoms with Crippen LogP contribution < -0.4 is 9.80 Å². The third-order valence-electron chi connectivity index (χ3n) is 14.6. The molecule has 3 nitrogen and oxygen atoms in total. The van der Waals surface area contributed by atoms with Crippen LogP contribution in [0.2, 0.25) is 0 Å². The second kappa shape index (κ2) is 16.0. The van der Waals surface area contributed by atoms with Crippen molar-refractivity contribution in [2.24, 2.45) is 0 Å². The van der Waals surface area contributed by atoms with Crippen LogP contribution in [-0.4, -0.2) is 0 Å². The first-order chi connectivity index (χ1) is 34.7. The second-order valence-corrected chi connectivity index (χ2v) is 18.4. The molecule has 70 heavy (non-hydrogen) atoms. The predicted molar refractivity (Wildman–Crippen MR) is 290 cm³/mol. The molecule has 0 saturated heterocycles. The van der Waals surface area contributed by atoms with Crippen LogP contribution in [0.3, 0.4) is 0 Å². The monoisotopic (exact) mass is 892 g/mol.